The number of nitrogens with zero attached hydrogens (tertiary/aromatic N) is 1. The molecule has 0 unspecified atom stereocenters. The van der Waals surface area contributed by atoms with E-state index in [1.807, 2.05) is 55.4 Å². The Morgan fingerprint density at radius 3 is 2.44 bits per heavy atom. The van der Waals surface area contributed by atoms with Gasteiger partial charge in [-0.2, -0.15) is 0 Å². The Kier molecular flexibility index (Phi) is 6.48. The second kappa shape index (κ2) is 9.55. The topological polar surface area (TPSA) is 173 Å². The highest BCUT2D eigenvalue weighted by Crippen LogP contribution is 2.52. The molecule has 0 bridgehead atoms. The Balaban J connectivity index is 1.57. The van der Waals surface area contributed by atoms with Crippen molar-refractivity contribution in [1.29, 1.82) is 0 Å². The normalized spacial score (nSPS) is 24.3. The standard InChI is InChI=1S/C29H31N3O7/c1-32(2)19-10-16(13-31-12-14-6-4-3-5-7-14)24(34)22-18(19)9-15-8-17-11-20(33)23(28(30)38)27(37)29(17,39)26(36)21(15)25(22)35/h3-7,10,15,17,31,33-34,36,39H,8-9,11-13H2,1-2H3,(H2,30,38)/t15-,17+,29+/m1/s1. The first-order valence-corrected chi connectivity index (χ1v) is 12.7. The molecule has 0 heterocycles. The van der Waals surface area contributed by atoms with Crippen molar-refractivity contribution >= 4 is 23.2 Å². The van der Waals surface area contributed by atoms with E-state index < -0.39 is 52.0 Å². The summed E-state index contributed by atoms with van der Waals surface area (Å²) in [4.78, 5) is 40.7. The summed E-state index contributed by atoms with van der Waals surface area (Å²) in [5, 5.41) is 47.5. The molecule has 0 saturated carbocycles. The molecule has 0 fully saturated rings. The van der Waals surface area contributed by atoms with E-state index in [-0.39, 0.29) is 42.7 Å². The van der Waals surface area contributed by atoms with Crippen molar-refractivity contribution in [3.8, 4) is 5.75 Å². The van der Waals surface area contributed by atoms with Gasteiger partial charge in [0.1, 0.15) is 22.8 Å². The first-order valence-electron chi connectivity index (χ1n) is 12.7. The van der Waals surface area contributed by atoms with Crippen LogP contribution in [-0.4, -0.2) is 57.6 Å². The first kappa shape index (κ1) is 26.5. The smallest absolute Gasteiger partial charge is 0.255 e. The van der Waals surface area contributed by atoms with Crippen LogP contribution in [0.2, 0.25) is 0 Å². The maximum Gasteiger partial charge on any atom is 0.255 e. The molecule has 3 aliphatic carbocycles. The summed E-state index contributed by atoms with van der Waals surface area (Å²) in [7, 11) is 3.66. The van der Waals surface area contributed by atoms with E-state index in [9.17, 15) is 34.8 Å². The molecule has 3 atom stereocenters. The number of Topliss-reactive ketones (excluding diaryl/α,β-unsaturated/α-hetero) is 2. The van der Waals surface area contributed by atoms with Crippen molar-refractivity contribution < 1.29 is 34.8 Å². The molecule has 1 amide bonds. The van der Waals surface area contributed by atoms with Crippen molar-refractivity contribution in [2.75, 3.05) is 19.0 Å². The lowest BCUT2D eigenvalue weighted by Gasteiger charge is -2.46. The Labute approximate surface area is 225 Å². The SMILES string of the molecule is CN(C)c1cc(CNCc2ccccc2)c(O)c2c1C[C@H]1C[C@H]3CC(O)=C(C(N)=O)C(=O)[C@@]3(O)C(O)=C1C2=O. The predicted molar refractivity (Wildman–Crippen MR) is 142 cm³/mol. The number of ketones is 2. The van der Waals surface area contributed by atoms with Crippen LogP contribution in [0.5, 0.6) is 5.75 Å². The van der Waals surface area contributed by atoms with Gasteiger partial charge in [-0.15, -0.1) is 0 Å². The number of benzene rings is 2. The zero-order valence-corrected chi connectivity index (χ0v) is 21.7. The summed E-state index contributed by atoms with van der Waals surface area (Å²) in [5.41, 5.74) is 4.58. The molecular formula is C29H31N3O7. The number of carbonyl (C=O) groups excluding carboxylic acids is 3. The minimum atomic E-state index is -2.58. The fraction of sp³-hybridized carbons (Fsp3) is 0.345. The highest BCUT2D eigenvalue weighted by Gasteiger charge is 2.59. The lowest BCUT2D eigenvalue weighted by atomic mass is 9.60. The minimum absolute atomic E-state index is 0.00864. The number of allylic oxidation sites excluding steroid dienone is 2. The van der Waals surface area contributed by atoms with Crippen LogP contribution in [0, 0.1) is 11.8 Å². The second-order valence-corrected chi connectivity index (χ2v) is 10.7. The first-order chi connectivity index (χ1) is 18.5. The summed E-state index contributed by atoms with van der Waals surface area (Å²) in [6, 6.07) is 11.5. The number of phenolic OH excluding ortho intramolecular Hbond substituents is 1. The maximum atomic E-state index is 13.9. The second-order valence-electron chi connectivity index (χ2n) is 10.7. The van der Waals surface area contributed by atoms with Gasteiger partial charge >= 0.3 is 0 Å². The number of amides is 1. The van der Waals surface area contributed by atoms with Gasteiger partial charge < -0.3 is 36.4 Å². The summed E-state index contributed by atoms with van der Waals surface area (Å²) in [6.07, 6.45) is 0.0946. The average Bonchev–Trinajstić information content (AvgIpc) is 2.87. The number of aromatic hydroxyl groups is 1. The maximum absolute atomic E-state index is 13.9. The molecule has 10 nitrogen and oxygen atoms in total. The van der Waals surface area contributed by atoms with E-state index in [0.29, 0.717) is 17.7 Å². The highest BCUT2D eigenvalue weighted by atomic mass is 16.3. The number of fused-ring (bicyclic) bond motifs is 3. The Hall–Kier alpha value is -4.15. The van der Waals surface area contributed by atoms with E-state index in [4.69, 9.17) is 5.73 Å². The van der Waals surface area contributed by atoms with E-state index in [0.717, 1.165) is 11.3 Å². The van der Waals surface area contributed by atoms with Crippen LogP contribution in [0.15, 0.2) is 59.1 Å². The van der Waals surface area contributed by atoms with Crippen LogP contribution in [0.3, 0.4) is 0 Å². The zero-order valence-electron chi connectivity index (χ0n) is 21.7. The Bertz CT molecular complexity index is 1460. The van der Waals surface area contributed by atoms with Crippen molar-refractivity contribution in [2.24, 2.45) is 17.6 Å². The van der Waals surface area contributed by atoms with Gasteiger partial charge in [0.2, 0.25) is 5.78 Å². The molecular weight excluding hydrogens is 502 g/mol. The lowest BCUT2D eigenvalue weighted by Crippen LogP contribution is -2.57. The number of hydrogen-bond acceptors (Lipinski definition) is 9. The monoisotopic (exact) mass is 533 g/mol. The average molecular weight is 534 g/mol. The molecule has 5 rings (SSSR count). The molecule has 204 valence electrons. The number of aliphatic hydroxyl groups excluding tert-OH is 2. The van der Waals surface area contributed by atoms with Crippen molar-refractivity contribution in [1.82, 2.24) is 5.32 Å². The van der Waals surface area contributed by atoms with Gasteiger partial charge in [0.15, 0.2) is 11.4 Å². The van der Waals surface area contributed by atoms with Gasteiger partial charge in [-0.05, 0) is 36.0 Å². The molecule has 10 heteroatoms. The van der Waals surface area contributed by atoms with Crippen LogP contribution >= 0.6 is 0 Å². The van der Waals surface area contributed by atoms with E-state index >= 15 is 0 Å². The van der Waals surface area contributed by atoms with Crippen molar-refractivity contribution in [3.05, 3.63) is 81.3 Å². The van der Waals surface area contributed by atoms with E-state index in [1.54, 1.807) is 0 Å². The lowest BCUT2D eigenvalue weighted by molar-refractivity contribution is -0.144. The number of nitrogens with one attached hydrogen (secondary N) is 1. The number of carbonyl (C=O) groups is 3. The van der Waals surface area contributed by atoms with Crippen molar-refractivity contribution in [2.45, 2.75) is 38.0 Å². The third kappa shape index (κ3) is 4.07. The summed E-state index contributed by atoms with van der Waals surface area (Å²) >= 11 is 0. The van der Waals surface area contributed by atoms with E-state index in [1.165, 1.54) is 0 Å². The van der Waals surface area contributed by atoms with Gasteiger partial charge in [-0.3, -0.25) is 14.4 Å². The number of phenols is 1. The molecule has 2 aromatic rings. The largest absolute Gasteiger partial charge is 0.511 e. The Morgan fingerprint density at radius 1 is 1.10 bits per heavy atom. The molecule has 39 heavy (non-hydrogen) atoms. The van der Waals surface area contributed by atoms with Gasteiger partial charge in [0.25, 0.3) is 5.91 Å². The van der Waals surface area contributed by atoms with Crippen LogP contribution in [0.1, 0.15) is 39.9 Å². The quantitative estimate of drug-likeness (QED) is 0.303. The number of nitrogens with two attached hydrogens (primary N) is 1. The van der Waals surface area contributed by atoms with Crippen LogP contribution < -0.4 is 16.0 Å². The minimum Gasteiger partial charge on any atom is -0.511 e. The molecule has 0 spiro atoms. The zero-order chi connectivity index (χ0) is 28.2. The molecule has 0 radical (unpaired) electrons. The summed E-state index contributed by atoms with van der Waals surface area (Å²) in [6.45, 7) is 0.794. The fourth-order valence-electron chi connectivity index (χ4n) is 6.19. The number of hydrogen-bond donors (Lipinski definition) is 6. The van der Waals surface area contributed by atoms with Crippen molar-refractivity contribution in [3.63, 3.8) is 0 Å². The number of rotatable bonds is 6. The molecule has 0 aliphatic heterocycles. The van der Waals surface area contributed by atoms with Crippen LogP contribution in [-0.2, 0) is 29.1 Å². The molecule has 2 aromatic carbocycles. The predicted octanol–water partition coefficient (Wildman–Crippen LogP) is 1.94. The van der Waals surface area contributed by atoms with Gasteiger partial charge in [0.05, 0.1) is 5.56 Å². The number of aliphatic hydroxyl groups is 3. The molecule has 7 N–H and O–H groups in total. The fourth-order valence-corrected chi connectivity index (χ4v) is 6.19. The van der Waals surface area contributed by atoms with Crippen LogP contribution in [0.25, 0.3) is 0 Å². The van der Waals surface area contributed by atoms with Gasteiger partial charge in [-0.1, -0.05) is 30.3 Å². The summed E-state index contributed by atoms with van der Waals surface area (Å²) < 4.78 is 0. The van der Waals surface area contributed by atoms with Gasteiger partial charge in [0, 0.05) is 56.3 Å². The van der Waals surface area contributed by atoms with Gasteiger partial charge in [-0.25, -0.2) is 0 Å². The molecule has 0 saturated heterocycles. The molecule has 0 aromatic heterocycles. The van der Waals surface area contributed by atoms with E-state index in [2.05, 4.69) is 5.32 Å². The van der Waals surface area contributed by atoms with Crippen LogP contribution in [0.4, 0.5) is 5.69 Å². The number of anilines is 1. The highest BCUT2D eigenvalue weighted by molar-refractivity contribution is 6.24. The third-order valence-electron chi connectivity index (χ3n) is 8.09. The molecule has 3 aliphatic rings. The third-order valence-corrected chi connectivity index (χ3v) is 8.09. The number of primary amides is 1. The Morgan fingerprint density at radius 2 is 1.79 bits per heavy atom. The summed E-state index contributed by atoms with van der Waals surface area (Å²) in [5.74, 6) is -6.33.